The molecule has 0 fully saturated rings. The smallest absolute Gasteiger partial charge is 0.0595 e. The van der Waals surface area contributed by atoms with Crippen LogP contribution in [-0.2, 0) is 0 Å². The molecule has 0 spiro atoms. The van der Waals surface area contributed by atoms with Crippen molar-refractivity contribution in [1.82, 2.24) is 0 Å². The lowest BCUT2D eigenvalue weighted by Gasteiger charge is -2.20. The zero-order chi connectivity index (χ0) is 7.49. The average molecular weight is 132 g/mol. The van der Waals surface area contributed by atoms with Crippen LogP contribution in [0.15, 0.2) is 0 Å². The van der Waals surface area contributed by atoms with Gasteiger partial charge in [-0.05, 0) is 26.2 Å². The standard InChI is InChI=1S/C7H16O2/c1-6(5-8)4-7(2,3)9/h6,8-9H,4-5H2,1-3H3/t6-/m0/s1. The fraction of sp³-hybridized carbons (Fsp3) is 1.00. The summed E-state index contributed by atoms with van der Waals surface area (Å²) in [5, 5.41) is 17.8. The molecule has 0 heterocycles. The van der Waals surface area contributed by atoms with E-state index in [1.54, 1.807) is 13.8 Å². The summed E-state index contributed by atoms with van der Waals surface area (Å²) < 4.78 is 0. The molecule has 0 aromatic carbocycles. The Morgan fingerprint density at radius 2 is 1.89 bits per heavy atom. The number of aliphatic hydroxyl groups excluding tert-OH is 1. The van der Waals surface area contributed by atoms with Crippen LogP contribution >= 0.6 is 0 Å². The molecule has 0 unspecified atom stereocenters. The van der Waals surface area contributed by atoms with E-state index in [0.717, 1.165) is 0 Å². The lowest BCUT2D eigenvalue weighted by Crippen LogP contribution is -2.23. The van der Waals surface area contributed by atoms with Crippen molar-refractivity contribution < 1.29 is 10.2 Å². The zero-order valence-electron chi connectivity index (χ0n) is 6.39. The second kappa shape index (κ2) is 3.18. The average Bonchev–Trinajstić information content (AvgIpc) is 1.62. The van der Waals surface area contributed by atoms with Gasteiger partial charge < -0.3 is 10.2 Å². The Morgan fingerprint density at radius 1 is 1.44 bits per heavy atom. The van der Waals surface area contributed by atoms with Gasteiger partial charge in [0.25, 0.3) is 0 Å². The predicted octanol–water partition coefficient (Wildman–Crippen LogP) is 0.776. The highest BCUT2D eigenvalue weighted by atomic mass is 16.3. The molecule has 0 bridgehead atoms. The third-order valence-electron chi connectivity index (χ3n) is 1.16. The van der Waals surface area contributed by atoms with Gasteiger partial charge in [0.2, 0.25) is 0 Å². The highest BCUT2D eigenvalue weighted by molar-refractivity contribution is 4.68. The van der Waals surface area contributed by atoms with Crippen LogP contribution in [0.5, 0.6) is 0 Å². The Hall–Kier alpha value is -0.0800. The van der Waals surface area contributed by atoms with Crippen LogP contribution in [0.25, 0.3) is 0 Å². The first-order valence-corrected chi connectivity index (χ1v) is 3.29. The van der Waals surface area contributed by atoms with Crippen molar-refractivity contribution in [3.63, 3.8) is 0 Å². The van der Waals surface area contributed by atoms with Gasteiger partial charge in [-0.15, -0.1) is 0 Å². The van der Waals surface area contributed by atoms with Crippen molar-refractivity contribution in [2.24, 2.45) is 5.92 Å². The molecule has 0 amide bonds. The summed E-state index contributed by atoms with van der Waals surface area (Å²) in [6, 6.07) is 0. The molecule has 56 valence electrons. The van der Waals surface area contributed by atoms with Gasteiger partial charge >= 0.3 is 0 Å². The van der Waals surface area contributed by atoms with Gasteiger partial charge in [-0.1, -0.05) is 6.92 Å². The molecular weight excluding hydrogens is 116 g/mol. The molecule has 0 aromatic rings. The maximum Gasteiger partial charge on any atom is 0.0595 e. The normalized spacial score (nSPS) is 15.7. The largest absolute Gasteiger partial charge is 0.396 e. The predicted molar refractivity (Wildman–Crippen MR) is 37.2 cm³/mol. The molecule has 0 aliphatic carbocycles. The van der Waals surface area contributed by atoms with Crippen molar-refractivity contribution in [2.45, 2.75) is 32.8 Å². The lowest BCUT2D eigenvalue weighted by atomic mass is 9.96. The molecule has 9 heavy (non-hydrogen) atoms. The molecule has 2 nitrogen and oxygen atoms in total. The fourth-order valence-corrected chi connectivity index (χ4v) is 0.917. The number of hydrogen-bond donors (Lipinski definition) is 2. The van der Waals surface area contributed by atoms with Crippen molar-refractivity contribution in [2.75, 3.05) is 6.61 Å². The van der Waals surface area contributed by atoms with Gasteiger partial charge in [0.1, 0.15) is 0 Å². The van der Waals surface area contributed by atoms with Crippen LogP contribution in [0.2, 0.25) is 0 Å². The van der Waals surface area contributed by atoms with E-state index in [0.29, 0.717) is 6.42 Å². The van der Waals surface area contributed by atoms with E-state index in [9.17, 15) is 5.11 Å². The van der Waals surface area contributed by atoms with Crippen LogP contribution in [0.4, 0.5) is 0 Å². The number of hydrogen-bond acceptors (Lipinski definition) is 2. The number of aliphatic hydroxyl groups is 2. The summed E-state index contributed by atoms with van der Waals surface area (Å²) in [4.78, 5) is 0. The summed E-state index contributed by atoms with van der Waals surface area (Å²) >= 11 is 0. The second-order valence-corrected chi connectivity index (χ2v) is 3.30. The van der Waals surface area contributed by atoms with Gasteiger partial charge in [-0.25, -0.2) is 0 Å². The summed E-state index contributed by atoms with van der Waals surface area (Å²) in [6.45, 7) is 5.57. The highest BCUT2D eigenvalue weighted by Crippen LogP contribution is 2.14. The molecule has 1 atom stereocenters. The fourth-order valence-electron chi connectivity index (χ4n) is 0.917. The Morgan fingerprint density at radius 3 is 2.00 bits per heavy atom. The number of rotatable bonds is 3. The summed E-state index contributed by atoms with van der Waals surface area (Å²) in [5.74, 6) is 0.199. The minimum atomic E-state index is -0.637. The van der Waals surface area contributed by atoms with E-state index in [1.165, 1.54) is 0 Å². The Labute approximate surface area is 56.5 Å². The molecule has 0 aliphatic rings. The van der Waals surface area contributed by atoms with Crippen molar-refractivity contribution >= 4 is 0 Å². The molecule has 0 aromatic heterocycles. The van der Waals surface area contributed by atoms with E-state index in [1.807, 2.05) is 6.92 Å². The maximum absolute atomic E-state index is 9.21. The Kier molecular flexibility index (Phi) is 3.15. The van der Waals surface area contributed by atoms with E-state index in [4.69, 9.17) is 5.11 Å². The molecule has 0 radical (unpaired) electrons. The van der Waals surface area contributed by atoms with Gasteiger partial charge in [-0.2, -0.15) is 0 Å². The van der Waals surface area contributed by atoms with Gasteiger partial charge in [0, 0.05) is 6.61 Å². The van der Waals surface area contributed by atoms with Crippen molar-refractivity contribution in [3.8, 4) is 0 Å². The Balaban J connectivity index is 3.47. The Bertz CT molecular complexity index is 73.5. The molecule has 0 rings (SSSR count). The van der Waals surface area contributed by atoms with Gasteiger partial charge in [0.05, 0.1) is 5.60 Å². The quantitative estimate of drug-likeness (QED) is 0.595. The first-order valence-electron chi connectivity index (χ1n) is 3.29. The third kappa shape index (κ3) is 5.80. The van der Waals surface area contributed by atoms with Crippen LogP contribution < -0.4 is 0 Å². The first kappa shape index (κ1) is 8.92. The third-order valence-corrected chi connectivity index (χ3v) is 1.16. The summed E-state index contributed by atoms with van der Waals surface area (Å²) in [5.41, 5.74) is -0.637. The minimum Gasteiger partial charge on any atom is -0.396 e. The van der Waals surface area contributed by atoms with Crippen molar-refractivity contribution in [1.29, 1.82) is 0 Å². The lowest BCUT2D eigenvalue weighted by molar-refractivity contribution is 0.0440. The maximum atomic E-state index is 9.21. The molecule has 0 saturated carbocycles. The topological polar surface area (TPSA) is 40.5 Å². The van der Waals surface area contributed by atoms with E-state index in [-0.39, 0.29) is 12.5 Å². The molecule has 2 heteroatoms. The van der Waals surface area contributed by atoms with Crippen LogP contribution in [0.3, 0.4) is 0 Å². The zero-order valence-corrected chi connectivity index (χ0v) is 6.39. The highest BCUT2D eigenvalue weighted by Gasteiger charge is 2.15. The molecule has 0 saturated heterocycles. The monoisotopic (exact) mass is 132 g/mol. The van der Waals surface area contributed by atoms with Crippen LogP contribution in [-0.4, -0.2) is 22.4 Å². The summed E-state index contributed by atoms with van der Waals surface area (Å²) in [7, 11) is 0. The van der Waals surface area contributed by atoms with E-state index in [2.05, 4.69) is 0 Å². The SMILES string of the molecule is C[C@H](CO)CC(C)(C)O. The molecule has 0 aliphatic heterocycles. The van der Waals surface area contributed by atoms with Crippen LogP contribution in [0, 0.1) is 5.92 Å². The van der Waals surface area contributed by atoms with Gasteiger partial charge in [0.15, 0.2) is 0 Å². The molecular formula is C7H16O2. The minimum absolute atomic E-state index is 0.157. The molecule has 2 N–H and O–H groups in total. The van der Waals surface area contributed by atoms with Crippen molar-refractivity contribution in [3.05, 3.63) is 0 Å². The summed E-state index contributed by atoms with van der Waals surface area (Å²) in [6.07, 6.45) is 0.656. The van der Waals surface area contributed by atoms with E-state index < -0.39 is 5.60 Å². The first-order chi connectivity index (χ1) is 3.95. The van der Waals surface area contributed by atoms with Crippen LogP contribution in [0.1, 0.15) is 27.2 Å². The van der Waals surface area contributed by atoms with E-state index >= 15 is 0 Å². The van der Waals surface area contributed by atoms with Gasteiger partial charge in [-0.3, -0.25) is 0 Å². The second-order valence-electron chi connectivity index (χ2n) is 3.30.